The molecule has 32 heavy (non-hydrogen) atoms. The van der Waals surface area contributed by atoms with Gasteiger partial charge in [-0.1, -0.05) is 48.5 Å². The maximum atomic E-state index is 12.8. The second kappa shape index (κ2) is 10.8. The summed E-state index contributed by atoms with van der Waals surface area (Å²) in [6.07, 6.45) is 3.07. The zero-order valence-electron chi connectivity index (χ0n) is 18.3. The number of hydrogen-bond donors (Lipinski definition) is 2. The number of amides is 2. The minimum absolute atomic E-state index is 0.169. The van der Waals surface area contributed by atoms with Crippen LogP contribution in [0.15, 0.2) is 78.9 Å². The quantitative estimate of drug-likeness (QED) is 0.501. The van der Waals surface area contributed by atoms with Gasteiger partial charge < -0.3 is 20.1 Å². The second-order valence-electron chi connectivity index (χ2n) is 7.09. The molecular formula is C26H26N2O4. The highest BCUT2D eigenvalue weighted by Gasteiger charge is 2.15. The molecule has 0 radical (unpaired) electrons. The van der Waals surface area contributed by atoms with E-state index in [-0.39, 0.29) is 17.9 Å². The summed E-state index contributed by atoms with van der Waals surface area (Å²) in [6.45, 7) is 1.92. The zero-order valence-corrected chi connectivity index (χ0v) is 18.3. The van der Waals surface area contributed by atoms with Gasteiger partial charge in [0.2, 0.25) is 5.91 Å². The molecule has 0 saturated heterocycles. The number of carbonyl (C=O) groups excluding carboxylic acids is 2. The van der Waals surface area contributed by atoms with Crippen molar-refractivity contribution in [2.75, 3.05) is 19.5 Å². The Bertz CT molecular complexity index is 1110. The summed E-state index contributed by atoms with van der Waals surface area (Å²) < 4.78 is 10.5. The van der Waals surface area contributed by atoms with Gasteiger partial charge in [0.15, 0.2) is 11.5 Å². The molecule has 164 valence electrons. The van der Waals surface area contributed by atoms with E-state index in [0.29, 0.717) is 22.7 Å². The van der Waals surface area contributed by atoms with Crippen molar-refractivity contribution >= 4 is 23.6 Å². The van der Waals surface area contributed by atoms with Gasteiger partial charge in [0, 0.05) is 6.08 Å². The molecule has 0 fully saturated rings. The highest BCUT2D eigenvalue weighted by Crippen LogP contribution is 2.28. The predicted octanol–water partition coefficient (Wildman–Crippen LogP) is 4.85. The van der Waals surface area contributed by atoms with Gasteiger partial charge in [-0.05, 0) is 48.4 Å². The normalized spacial score (nSPS) is 11.6. The molecule has 0 saturated carbocycles. The van der Waals surface area contributed by atoms with E-state index in [4.69, 9.17) is 9.47 Å². The SMILES string of the molecule is COc1ccc(/C=C/C(=O)Nc2ccccc2C(=O)N[C@@H](C)c2ccccc2)cc1OC. The summed E-state index contributed by atoms with van der Waals surface area (Å²) in [6, 6.07) is 21.8. The topological polar surface area (TPSA) is 76.7 Å². The molecule has 0 aliphatic carbocycles. The molecule has 0 spiro atoms. The van der Waals surface area contributed by atoms with Gasteiger partial charge in [-0.15, -0.1) is 0 Å². The number of benzene rings is 3. The van der Waals surface area contributed by atoms with E-state index in [1.165, 1.54) is 6.08 Å². The first-order valence-corrected chi connectivity index (χ1v) is 10.2. The van der Waals surface area contributed by atoms with Crippen LogP contribution in [0.5, 0.6) is 11.5 Å². The van der Waals surface area contributed by atoms with Crippen molar-refractivity contribution in [3.05, 3.63) is 95.6 Å². The first kappa shape index (κ1) is 22.6. The molecule has 3 rings (SSSR count). The van der Waals surface area contributed by atoms with Gasteiger partial charge in [0.1, 0.15) is 0 Å². The van der Waals surface area contributed by atoms with Crippen molar-refractivity contribution < 1.29 is 19.1 Å². The summed E-state index contributed by atoms with van der Waals surface area (Å²) in [5.41, 5.74) is 2.61. The standard InChI is InChI=1S/C26H26N2O4/c1-18(20-9-5-4-6-10-20)27-26(30)21-11-7-8-12-22(21)28-25(29)16-14-19-13-15-23(31-2)24(17-19)32-3/h4-18H,1-3H3,(H,27,30)(H,28,29)/b16-14+/t18-/m0/s1. The molecule has 2 amide bonds. The molecule has 0 aromatic heterocycles. The van der Waals surface area contributed by atoms with Gasteiger partial charge in [-0.3, -0.25) is 9.59 Å². The van der Waals surface area contributed by atoms with Crippen LogP contribution in [0.1, 0.15) is 34.5 Å². The third kappa shape index (κ3) is 5.76. The Morgan fingerprint density at radius 2 is 1.56 bits per heavy atom. The average molecular weight is 431 g/mol. The zero-order chi connectivity index (χ0) is 22.9. The van der Waals surface area contributed by atoms with Crippen LogP contribution in [0.3, 0.4) is 0 Å². The summed E-state index contributed by atoms with van der Waals surface area (Å²) in [5.74, 6) is 0.570. The fraction of sp³-hybridized carbons (Fsp3) is 0.154. The van der Waals surface area contributed by atoms with Crippen molar-refractivity contribution in [2.24, 2.45) is 0 Å². The van der Waals surface area contributed by atoms with E-state index < -0.39 is 0 Å². The van der Waals surface area contributed by atoms with Gasteiger partial charge in [0.05, 0.1) is 31.5 Å². The highest BCUT2D eigenvalue weighted by molar-refractivity contribution is 6.07. The Hall–Kier alpha value is -4.06. The summed E-state index contributed by atoms with van der Waals surface area (Å²) in [5, 5.41) is 5.76. The minimum Gasteiger partial charge on any atom is -0.493 e. The number of anilines is 1. The Morgan fingerprint density at radius 1 is 0.875 bits per heavy atom. The number of hydrogen-bond acceptors (Lipinski definition) is 4. The Balaban J connectivity index is 1.69. The van der Waals surface area contributed by atoms with Crippen LogP contribution in [-0.2, 0) is 4.79 Å². The average Bonchev–Trinajstić information content (AvgIpc) is 2.83. The fourth-order valence-electron chi connectivity index (χ4n) is 3.19. The number of rotatable bonds is 8. The highest BCUT2D eigenvalue weighted by atomic mass is 16.5. The van der Waals surface area contributed by atoms with Gasteiger partial charge in [-0.2, -0.15) is 0 Å². The van der Waals surface area contributed by atoms with Crippen LogP contribution < -0.4 is 20.1 Å². The maximum absolute atomic E-state index is 12.8. The van der Waals surface area contributed by atoms with Crippen molar-refractivity contribution in [2.45, 2.75) is 13.0 Å². The van der Waals surface area contributed by atoms with E-state index in [1.807, 2.05) is 43.3 Å². The van der Waals surface area contributed by atoms with E-state index >= 15 is 0 Å². The molecule has 0 aliphatic rings. The molecular weight excluding hydrogens is 404 g/mol. The van der Waals surface area contributed by atoms with E-state index in [0.717, 1.165) is 11.1 Å². The molecule has 6 heteroatoms. The number of nitrogens with one attached hydrogen (secondary N) is 2. The van der Waals surface area contributed by atoms with Gasteiger partial charge in [-0.25, -0.2) is 0 Å². The monoisotopic (exact) mass is 430 g/mol. The molecule has 0 bridgehead atoms. The smallest absolute Gasteiger partial charge is 0.253 e. The molecule has 1 atom stereocenters. The molecule has 6 nitrogen and oxygen atoms in total. The van der Waals surface area contributed by atoms with E-state index in [9.17, 15) is 9.59 Å². The first-order valence-electron chi connectivity index (χ1n) is 10.2. The van der Waals surface area contributed by atoms with Crippen molar-refractivity contribution in [3.8, 4) is 11.5 Å². The van der Waals surface area contributed by atoms with Crippen molar-refractivity contribution in [3.63, 3.8) is 0 Å². The Morgan fingerprint density at radius 3 is 2.28 bits per heavy atom. The van der Waals surface area contributed by atoms with Crippen LogP contribution in [0.4, 0.5) is 5.69 Å². The van der Waals surface area contributed by atoms with Crippen LogP contribution in [0, 0.1) is 0 Å². The third-order valence-electron chi connectivity index (χ3n) is 4.91. The lowest BCUT2D eigenvalue weighted by molar-refractivity contribution is -0.111. The minimum atomic E-state index is -0.351. The Labute approximate surface area is 187 Å². The number of para-hydroxylation sites is 1. The third-order valence-corrected chi connectivity index (χ3v) is 4.91. The Kier molecular flexibility index (Phi) is 7.65. The largest absolute Gasteiger partial charge is 0.493 e. The fourth-order valence-corrected chi connectivity index (χ4v) is 3.19. The lowest BCUT2D eigenvalue weighted by atomic mass is 10.1. The number of ether oxygens (including phenoxy) is 2. The summed E-state index contributed by atoms with van der Waals surface area (Å²) in [7, 11) is 3.12. The molecule has 0 heterocycles. The van der Waals surface area contributed by atoms with Crippen molar-refractivity contribution in [1.82, 2.24) is 5.32 Å². The lowest BCUT2D eigenvalue weighted by Gasteiger charge is -2.16. The van der Waals surface area contributed by atoms with Crippen LogP contribution in [-0.4, -0.2) is 26.0 Å². The number of methoxy groups -OCH3 is 2. The van der Waals surface area contributed by atoms with E-state index in [1.54, 1.807) is 56.7 Å². The van der Waals surface area contributed by atoms with Crippen LogP contribution in [0.25, 0.3) is 6.08 Å². The molecule has 2 N–H and O–H groups in total. The first-order chi connectivity index (χ1) is 15.5. The van der Waals surface area contributed by atoms with E-state index in [2.05, 4.69) is 10.6 Å². The number of carbonyl (C=O) groups is 2. The molecule has 3 aromatic rings. The second-order valence-corrected chi connectivity index (χ2v) is 7.09. The van der Waals surface area contributed by atoms with Crippen molar-refractivity contribution in [1.29, 1.82) is 0 Å². The summed E-state index contributed by atoms with van der Waals surface area (Å²) >= 11 is 0. The van der Waals surface area contributed by atoms with Crippen LogP contribution >= 0.6 is 0 Å². The molecule has 0 unspecified atom stereocenters. The van der Waals surface area contributed by atoms with Gasteiger partial charge in [0.25, 0.3) is 5.91 Å². The lowest BCUT2D eigenvalue weighted by Crippen LogP contribution is -2.27. The maximum Gasteiger partial charge on any atom is 0.253 e. The molecule has 0 aliphatic heterocycles. The van der Waals surface area contributed by atoms with Gasteiger partial charge >= 0.3 is 0 Å². The molecule has 3 aromatic carbocycles. The summed E-state index contributed by atoms with van der Waals surface area (Å²) in [4.78, 5) is 25.3. The predicted molar refractivity (Wildman–Crippen MR) is 126 cm³/mol. The van der Waals surface area contributed by atoms with Crippen LogP contribution in [0.2, 0.25) is 0 Å².